The van der Waals surface area contributed by atoms with Crippen molar-refractivity contribution in [2.45, 2.75) is 6.36 Å². The number of hydrogen-bond acceptors (Lipinski definition) is 2. The number of benzene rings is 2. The molecule has 0 atom stereocenters. The number of ether oxygens (including phenoxy) is 1. The average molecular weight is 337 g/mol. The SMILES string of the molecule is NC(N)=NC(N)=Nc1ccccc1-c1ccccc1OC(F)(F)F. The minimum Gasteiger partial charge on any atom is -0.405 e. The van der Waals surface area contributed by atoms with Crippen LogP contribution in [0.3, 0.4) is 0 Å². The second-order valence-corrected chi connectivity index (χ2v) is 4.57. The molecule has 9 heteroatoms. The Labute approximate surface area is 135 Å². The van der Waals surface area contributed by atoms with Gasteiger partial charge in [0.05, 0.1) is 5.69 Å². The zero-order valence-corrected chi connectivity index (χ0v) is 12.3. The van der Waals surface area contributed by atoms with Crippen molar-refractivity contribution < 1.29 is 17.9 Å². The van der Waals surface area contributed by atoms with Crippen LogP contribution in [0.5, 0.6) is 5.75 Å². The van der Waals surface area contributed by atoms with Gasteiger partial charge in [-0.3, -0.25) is 0 Å². The predicted octanol–water partition coefficient (Wildman–Crippen LogP) is 2.47. The van der Waals surface area contributed by atoms with E-state index in [2.05, 4.69) is 14.7 Å². The molecule has 0 saturated carbocycles. The number of para-hydroxylation sites is 2. The van der Waals surface area contributed by atoms with Crippen molar-refractivity contribution in [3.05, 3.63) is 48.5 Å². The van der Waals surface area contributed by atoms with Crippen LogP contribution in [-0.4, -0.2) is 18.3 Å². The van der Waals surface area contributed by atoms with Crippen molar-refractivity contribution in [1.29, 1.82) is 0 Å². The maximum absolute atomic E-state index is 12.6. The Morgan fingerprint density at radius 1 is 0.875 bits per heavy atom. The molecule has 0 aromatic heterocycles. The van der Waals surface area contributed by atoms with Gasteiger partial charge in [0.1, 0.15) is 5.75 Å². The first kappa shape index (κ1) is 17.1. The summed E-state index contributed by atoms with van der Waals surface area (Å²) in [6.45, 7) is 0. The Kier molecular flexibility index (Phi) is 4.93. The van der Waals surface area contributed by atoms with Crippen molar-refractivity contribution in [2.24, 2.45) is 27.2 Å². The van der Waals surface area contributed by atoms with E-state index in [9.17, 15) is 13.2 Å². The van der Waals surface area contributed by atoms with E-state index in [1.807, 2.05) is 0 Å². The lowest BCUT2D eigenvalue weighted by Crippen LogP contribution is -2.26. The van der Waals surface area contributed by atoms with Gasteiger partial charge < -0.3 is 21.9 Å². The van der Waals surface area contributed by atoms with E-state index in [-0.39, 0.29) is 23.2 Å². The molecule has 2 rings (SSSR count). The number of alkyl halides is 3. The lowest BCUT2D eigenvalue weighted by molar-refractivity contribution is -0.274. The smallest absolute Gasteiger partial charge is 0.405 e. The molecule has 0 saturated heterocycles. The van der Waals surface area contributed by atoms with Crippen molar-refractivity contribution in [3.63, 3.8) is 0 Å². The molecule has 0 spiro atoms. The third kappa shape index (κ3) is 4.63. The van der Waals surface area contributed by atoms with E-state index >= 15 is 0 Å². The number of nitrogens with two attached hydrogens (primary N) is 3. The molecule has 0 aliphatic carbocycles. The molecular weight excluding hydrogens is 323 g/mol. The van der Waals surface area contributed by atoms with Crippen LogP contribution in [-0.2, 0) is 0 Å². The van der Waals surface area contributed by atoms with Crippen molar-refractivity contribution in [3.8, 4) is 16.9 Å². The first-order valence-electron chi connectivity index (χ1n) is 6.64. The maximum Gasteiger partial charge on any atom is 0.573 e. The van der Waals surface area contributed by atoms with Crippen molar-refractivity contribution in [2.75, 3.05) is 0 Å². The van der Waals surface area contributed by atoms with Crippen LogP contribution in [0.25, 0.3) is 11.1 Å². The Morgan fingerprint density at radius 3 is 2.08 bits per heavy atom. The quantitative estimate of drug-likeness (QED) is 0.590. The van der Waals surface area contributed by atoms with Crippen molar-refractivity contribution >= 4 is 17.6 Å². The highest BCUT2D eigenvalue weighted by Crippen LogP contribution is 2.38. The van der Waals surface area contributed by atoms with Crippen LogP contribution in [0.15, 0.2) is 58.5 Å². The summed E-state index contributed by atoms with van der Waals surface area (Å²) in [5, 5.41) is 0. The van der Waals surface area contributed by atoms with Gasteiger partial charge in [-0.15, -0.1) is 13.2 Å². The van der Waals surface area contributed by atoms with Gasteiger partial charge in [-0.25, -0.2) is 4.99 Å². The minimum absolute atomic E-state index is 0.201. The molecule has 2 aromatic carbocycles. The zero-order chi connectivity index (χ0) is 17.7. The average Bonchev–Trinajstić information content (AvgIpc) is 2.46. The van der Waals surface area contributed by atoms with Crippen LogP contribution in [0, 0.1) is 0 Å². The van der Waals surface area contributed by atoms with E-state index in [4.69, 9.17) is 17.2 Å². The number of rotatable bonds is 3. The second-order valence-electron chi connectivity index (χ2n) is 4.57. The molecule has 6 N–H and O–H groups in total. The zero-order valence-electron chi connectivity index (χ0n) is 12.3. The standard InChI is InChI=1S/C15H14F3N5O/c16-15(17,18)24-12-8-4-2-6-10(12)9-5-1-3-7-11(9)22-14(21)23-13(19)20/h1-8H,(H6,19,20,21,22,23). The number of aliphatic imine (C=N–C) groups is 2. The normalized spacial score (nSPS) is 11.9. The summed E-state index contributed by atoms with van der Waals surface area (Å²) in [5.74, 6) is -0.862. The molecule has 0 unspecified atom stereocenters. The number of nitrogens with zero attached hydrogens (tertiary/aromatic N) is 2. The first-order chi connectivity index (χ1) is 11.3. The molecule has 0 radical (unpaired) electrons. The van der Waals surface area contributed by atoms with Crippen LogP contribution < -0.4 is 21.9 Å². The van der Waals surface area contributed by atoms with Gasteiger partial charge in [-0.05, 0) is 12.1 Å². The third-order valence-electron chi connectivity index (χ3n) is 2.79. The van der Waals surface area contributed by atoms with Crippen molar-refractivity contribution in [1.82, 2.24) is 0 Å². The molecule has 0 fully saturated rings. The summed E-state index contributed by atoms with van der Waals surface area (Å²) in [6, 6.07) is 12.2. The second kappa shape index (κ2) is 6.90. The van der Waals surface area contributed by atoms with Gasteiger partial charge in [0.15, 0.2) is 5.96 Å². The monoisotopic (exact) mass is 337 g/mol. The number of guanidine groups is 2. The van der Waals surface area contributed by atoms with E-state index in [0.29, 0.717) is 11.3 Å². The van der Waals surface area contributed by atoms with Gasteiger partial charge in [0, 0.05) is 11.1 Å². The molecule has 6 nitrogen and oxygen atoms in total. The van der Waals surface area contributed by atoms with Crippen LogP contribution in [0.2, 0.25) is 0 Å². The van der Waals surface area contributed by atoms with E-state index in [0.717, 1.165) is 0 Å². The topological polar surface area (TPSA) is 112 Å². The van der Waals surface area contributed by atoms with Gasteiger partial charge in [0.2, 0.25) is 5.96 Å². The summed E-state index contributed by atoms with van der Waals surface area (Å²) < 4.78 is 41.8. The molecule has 0 amide bonds. The Balaban J connectivity index is 2.54. The summed E-state index contributed by atoms with van der Waals surface area (Å²) >= 11 is 0. The summed E-state index contributed by atoms with van der Waals surface area (Å²) in [7, 11) is 0. The Morgan fingerprint density at radius 2 is 1.46 bits per heavy atom. The lowest BCUT2D eigenvalue weighted by atomic mass is 10.0. The first-order valence-corrected chi connectivity index (χ1v) is 6.64. The molecule has 2 aromatic rings. The molecule has 24 heavy (non-hydrogen) atoms. The minimum atomic E-state index is -4.81. The fraction of sp³-hybridized carbons (Fsp3) is 0.0667. The van der Waals surface area contributed by atoms with Crippen LogP contribution >= 0.6 is 0 Å². The molecule has 126 valence electrons. The summed E-state index contributed by atoms with van der Waals surface area (Å²) in [4.78, 5) is 7.60. The highest BCUT2D eigenvalue weighted by molar-refractivity contribution is 5.95. The van der Waals surface area contributed by atoms with E-state index in [1.165, 1.54) is 18.2 Å². The predicted molar refractivity (Wildman–Crippen MR) is 85.7 cm³/mol. The molecule has 0 aliphatic heterocycles. The van der Waals surface area contributed by atoms with Gasteiger partial charge in [-0.1, -0.05) is 36.4 Å². The van der Waals surface area contributed by atoms with Gasteiger partial charge in [0.25, 0.3) is 0 Å². The Bertz CT molecular complexity index is 783. The summed E-state index contributed by atoms with van der Waals surface area (Å²) in [5.41, 5.74) is 16.9. The van der Waals surface area contributed by atoms with E-state index in [1.54, 1.807) is 30.3 Å². The summed E-state index contributed by atoms with van der Waals surface area (Å²) in [6.07, 6.45) is -4.81. The molecule has 0 heterocycles. The molecule has 0 bridgehead atoms. The van der Waals surface area contributed by atoms with Gasteiger partial charge in [-0.2, -0.15) is 4.99 Å². The maximum atomic E-state index is 12.6. The molecule has 0 aliphatic rings. The highest BCUT2D eigenvalue weighted by atomic mass is 19.4. The largest absolute Gasteiger partial charge is 0.573 e. The van der Waals surface area contributed by atoms with Gasteiger partial charge >= 0.3 is 6.36 Å². The fourth-order valence-electron chi connectivity index (χ4n) is 1.98. The highest BCUT2D eigenvalue weighted by Gasteiger charge is 2.32. The Hall–Kier alpha value is -3.23. The third-order valence-corrected chi connectivity index (χ3v) is 2.79. The molecular formula is C15H14F3N5O. The lowest BCUT2D eigenvalue weighted by Gasteiger charge is -2.14. The van der Waals surface area contributed by atoms with Crippen LogP contribution in [0.1, 0.15) is 0 Å². The number of halogens is 3. The van der Waals surface area contributed by atoms with Crippen LogP contribution in [0.4, 0.5) is 18.9 Å². The van der Waals surface area contributed by atoms with E-state index < -0.39 is 6.36 Å². The number of hydrogen-bond donors (Lipinski definition) is 3. The fourth-order valence-corrected chi connectivity index (χ4v) is 1.98.